The van der Waals surface area contributed by atoms with Crippen LogP contribution in [0.4, 0.5) is 0 Å². The summed E-state index contributed by atoms with van der Waals surface area (Å²) >= 11 is 6.65. The second-order valence-electron chi connectivity index (χ2n) is 10.4. The molecule has 0 bridgehead atoms. The van der Waals surface area contributed by atoms with E-state index in [1.807, 2.05) is 54.6 Å². The van der Waals surface area contributed by atoms with Gasteiger partial charge in [-0.05, 0) is 46.9 Å². The van der Waals surface area contributed by atoms with Crippen LogP contribution in [0.3, 0.4) is 0 Å². The fraction of sp³-hybridized carbons (Fsp3) is 0.324. The van der Waals surface area contributed by atoms with Gasteiger partial charge in [0.25, 0.3) is 0 Å². The Labute approximate surface area is 246 Å². The van der Waals surface area contributed by atoms with Gasteiger partial charge in [-0.3, -0.25) is 0 Å². The Hall–Kier alpha value is -3.60. The summed E-state index contributed by atoms with van der Waals surface area (Å²) in [5.74, 6) is 0.126. The van der Waals surface area contributed by atoms with Crippen LogP contribution in [0.1, 0.15) is 60.0 Å². The molecule has 1 aliphatic heterocycles. The lowest BCUT2D eigenvalue weighted by Gasteiger charge is -2.46. The molecule has 1 fully saturated rings. The number of rotatable bonds is 10. The highest BCUT2D eigenvalue weighted by Gasteiger charge is 2.45. The van der Waals surface area contributed by atoms with E-state index < -0.39 is 0 Å². The zero-order chi connectivity index (χ0) is 28.6. The molecule has 0 N–H and O–H groups in total. The minimum atomic E-state index is -0.358. The summed E-state index contributed by atoms with van der Waals surface area (Å²) in [5, 5.41) is 17.9. The SMILES string of the molecule is CC[C@H]1O[C@@H](c2ccc(Cl)c(Cc3ccc(C#N)nn3)c2)[C@H](OCc2ccccc2)[C@@H](OCc2ccccc2)[C@@H]1C. The molecule has 2 heterocycles. The quantitative estimate of drug-likeness (QED) is 0.201. The Kier molecular flexibility index (Phi) is 9.76. The topological polar surface area (TPSA) is 77.3 Å². The molecule has 7 heteroatoms. The molecular formula is C34H34ClN3O3. The van der Waals surface area contributed by atoms with Crippen LogP contribution in [0.25, 0.3) is 0 Å². The van der Waals surface area contributed by atoms with E-state index >= 15 is 0 Å². The van der Waals surface area contributed by atoms with E-state index in [9.17, 15) is 0 Å². The first-order chi connectivity index (χ1) is 20.1. The zero-order valence-corrected chi connectivity index (χ0v) is 24.1. The fourth-order valence-electron chi connectivity index (χ4n) is 5.39. The van der Waals surface area contributed by atoms with Gasteiger partial charge in [-0.2, -0.15) is 10.4 Å². The average Bonchev–Trinajstić information content (AvgIpc) is 3.02. The lowest BCUT2D eigenvalue weighted by Crippen LogP contribution is -2.51. The second-order valence-corrected chi connectivity index (χ2v) is 10.8. The maximum absolute atomic E-state index is 9.06. The van der Waals surface area contributed by atoms with Crippen LogP contribution in [0.5, 0.6) is 0 Å². The van der Waals surface area contributed by atoms with Gasteiger partial charge in [0, 0.05) is 17.4 Å². The van der Waals surface area contributed by atoms with Crippen molar-refractivity contribution in [3.63, 3.8) is 0 Å². The van der Waals surface area contributed by atoms with Gasteiger partial charge in [0.1, 0.15) is 18.3 Å². The van der Waals surface area contributed by atoms with E-state index in [0.717, 1.165) is 34.4 Å². The smallest absolute Gasteiger partial charge is 0.163 e. The molecule has 0 radical (unpaired) electrons. The highest BCUT2D eigenvalue weighted by Crippen LogP contribution is 2.41. The van der Waals surface area contributed by atoms with Gasteiger partial charge in [-0.1, -0.05) is 98.2 Å². The average molecular weight is 568 g/mol. The summed E-state index contributed by atoms with van der Waals surface area (Å²) < 4.78 is 20.1. The van der Waals surface area contributed by atoms with Crippen LogP contribution in [-0.4, -0.2) is 28.5 Å². The Bertz CT molecular complexity index is 1440. The van der Waals surface area contributed by atoms with Crippen molar-refractivity contribution in [3.05, 3.63) is 130 Å². The third-order valence-corrected chi connectivity index (χ3v) is 7.99. The lowest BCUT2D eigenvalue weighted by atomic mass is 9.84. The van der Waals surface area contributed by atoms with Crippen LogP contribution in [0.15, 0.2) is 91.0 Å². The van der Waals surface area contributed by atoms with Crippen molar-refractivity contribution in [1.82, 2.24) is 10.2 Å². The molecule has 1 aliphatic rings. The van der Waals surface area contributed by atoms with E-state index in [2.05, 4.69) is 54.4 Å². The van der Waals surface area contributed by atoms with E-state index in [0.29, 0.717) is 24.7 Å². The Morgan fingerprint density at radius 2 is 1.51 bits per heavy atom. The van der Waals surface area contributed by atoms with Gasteiger partial charge >= 0.3 is 0 Å². The number of hydrogen-bond acceptors (Lipinski definition) is 6. The van der Waals surface area contributed by atoms with E-state index in [1.54, 1.807) is 12.1 Å². The lowest BCUT2D eigenvalue weighted by molar-refractivity contribution is -0.234. The van der Waals surface area contributed by atoms with Crippen LogP contribution >= 0.6 is 11.6 Å². The van der Waals surface area contributed by atoms with Crippen LogP contribution < -0.4 is 0 Å². The molecule has 0 saturated carbocycles. The first-order valence-corrected chi connectivity index (χ1v) is 14.4. The molecule has 1 saturated heterocycles. The van der Waals surface area contributed by atoms with Gasteiger partial charge in [-0.25, -0.2) is 0 Å². The zero-order valence-electron chi connectivity index (χ0n) is 23.3. The van der Waals surface area contributed by atoms with Crippen molar-refractivity contribution in [1.29, 1.82) is 5.26 Å². The Morgan fingerprint density at radius 1 is 0.854 bits per heavy atom. The Morgan fingerprint density at radius 3 is 2.10 bits per heavy atom. The normalized spacial score (nSPS) is 22.2. The third kappa shape index (κ3) is 7.19. The van der Waals surface area contributed by atoms with Gasteiger partial charge in [-0.15, -0.1) is 5.10 Å². The van der Waals surface area contributed by atoms with Crippen LogP contribution in [0.2, 0.25) is 5.02 Å². The van der Waals surface area contributed by atoms with Crippen molar-refractivity contribution < 1.29 is 14.2 Å². The molecule has 0 unspecified atom stereocenters. The molecule has 41 heavy (non-hydrogen) atoms. The minimum absolute atomic E-state index is 0.000805. The second kappa shape index (κ2) is 13.8. The van der Waals surface area contributed by atoms with Crippen LogP contribution in [0, 0.1) is 17.2 Å². The first-order valence-electron chi connectivity index (χ1n) is 14.0. The highest BCUT2D eigenvalue weighted by atomic mass is 35.5. The molecule has 210 valence electrons. The first kappa shape index (κ1) is 28.9. The number of hydrogen-bond donors (Lipinski definition) is 0. The van der Waals surface area contributed by atoms with Gasteiger partial charge in [0.15, 0.2) is 5.69 Å². The molecule has 1 aromatic heterocycles. The number of nitriles is 1. The van der Waals surface area contributed by atoms with Crippen molar-refractivity contribution in [2.75, 3.05) is 0 Å². The third-order valence-electron chi connectivity index (χ3n) is 7.63. The molecule has 0 spiro atoms. The predicted octanol–water partition coefficient (Wildman–Crippen LogP) is 7.25. The predicted molar refractivity (Wildman–Crippen MR) is 158 cm³/mol. The van der Waals surface area contributed by atoms with Crippen LogP contribution in [-0.2, 0) is 33.8 Å². The van der Waals surface area contributed by atoms with Gasteiger partial charge in [0.2, 0.25) is 0 Å². The van der Waals surface area contributed by atoms with Gasteiger partial charge in [0.05, 0.1) is 31.1 Å². The molecule has 5 rings (SSSR count). The fourth-order valence-corrected chi connectivity index (χ4v) is 5.57. The van der Waals surface area contributed by atoms with E-state index in [1.165, 1.54) is 0 Å². The Balaban J connectivity index is 1.46. The highest BCUT2D eigenvalue weighted by molar-refractivity contribution is 6.31. The standard InChI is InChI=1S/C34H34ClN3O3/c1-3-31-23(2)32(39-21-24-10-6-4-7-11-24)34(40-22-25-12-8-5-9-13-25)33(41-31)26-14-17-30(35)27(18-26)19-28-15-16-29(20-36)38-37-28/h4-18,23,31-34H,3,19,21-22H2,1-2H3/t23-,31-,32+,33+,34-/m1/s1. The number of halogens is 1. The molecular weight excluding hydrogens is 534 g/mol. The summed E-state index contributed by atoms with van der Waals surface area (Å²) in [6, 6.07) is 31.9. The molecule has 5 atom stereocenters. The van der Waals surface area contributed by atoms with Gasteiger partial charge < -0.3 is 14.2 Å². The minimum Gasteiger partial charge on any atom is -0.370 e. The number of nitrogens with zero attached hydrogens (tertiary/aromatic N) is 3. The van der Waals surface area contributed by atoms with E-state index in [-0.39, 0.29) is 36.0 Å². The summed E-state index contributed by atoms with van der Waals surface area (Å²) in [6.45, 7) is 5.28. The largest absolute Gasteiger partial charge is 0.370 e. The van der Waals surface area contributed by atoms with Crippen molar-refractivity contribution in [3.8, 4) is 6.07 Å². The summed E-state index contributed by atoms with van der Waals surface area (Å²) in [5.41, 5.74) is 5.10. The summed E-state index contributed by atoms with van der Waals surface area (Å²) in [7, 11) is 0. The monoisotopic (exact) mass is 567 g/mol. The molecule has 3 aromatic carbocycles. The number of benzene rings is 3. The maximum Gasteiger partial charge on any atom is 0.163 e. The van der Waals surface area contributed by atoms with Crippen molar-refractivity contribution in [2.45, 2.75) is 64.3 Å². The van der Waals surface area contributed by atoms with E-state index in [4.69, 9.17) is 31.1 Å². The molecule has 6 nitrogen and oxygen atoms in total. The molecule has 0 amide bonds. The number of ether oxygens (including phenoxy) is 3. The molecule has 4 aromatic rings. The molecule has 0 aliphatic carbocycles. The number of aromatic nitrogens is 2. The maximum atomic E-state index is 9.06. The van der Waals surface area contributed by atoms with Crippen molar-refractivity contribution in [2.24, 2.45) is 5.92 Å². The summed E-state index contributed by atoms with van der Waals surface area (Å²) in [6.07, 6.45) is 0.446. The van der Waals surface area contributed by atoms with Crippen molar-refractivity contribution >= 4 is 11.6 Å². The summed E-state index contributed by atoms with van der Waals surface area (Å²) in [4.78, 5) is 0.